The Morgan fingerprint density at radius 3 is 2.67 bits per heavy atom. The molecule has 6 nitrogen and oxygen atoms in total. The molecular weight excluding hydrogens is 234 g/mol. The molecular formula is C12H11N3O3. The molecule has 18 heavy (non-hydrogen) atoms. The highest BCUT2D eigenvalue weighted by atomic mass is 16.6. The van der Waals surface area contributed by atoms with Crippen molar-refractivity contribution in [2.75, 3.05) is 7.11 Å². The van der Waals surface area contributed by atoms with Crippen LogP contribution < -0.4 is 4.74 Å². The second-order valence-corrected chi connectivity index (χ2v) is 3.69. The number of nitro groups is 1. The maximum absolute atomic E-state index is 10.7. The van der Waals surface area contributed by atoms with E-state index in [-0.39, 0.29) is 5.69 Å². The van der Waals surface area contributed by atoms with Crippen LogP contribution in [0.25, 0.3) is 11.3 Å². The molecule has 1 aromatic heterocycles. The summed E-state index contributed by atoms with van der Waals surface area (Å²) in [7, 11) is 1.47. The summed E-state index contributed by atoms with van der Waals surface area (Å²) in [4.78, 5) is 18.4. The Labute approximate surface area is 103 Å². The van der Waals surface area contributed by atoms with E-state index in [9.17, 15) is 10.1 Å². The molecule has 0 fully saturated rings. The zero-order valence-electron chi connectivity index (χ0n) is 9.95. The highest BCUT2D eigenvalue weighted by molar-refractivity contribution is 5.69. The molecule has 0 amide bonds. The minimum absolute atomic E-state index is 0.0126. The van der Waals surface area contributed by atoms with Gasteiger partial charge in [0.05, 0.1) is 23.8 Å². The topological polar surface area (TPSA) is 78.2 Å². The van der Waals surface area contributed by atoms with Crippen LogP contribution in [0.1, 0.15) is 5.69 Å². The molecule has 2 aromatic rings. The Morgan fingerprint density at radius 1 is 1.28 bits per heavy atom. The van der Waals surface area contributed by atoms with Crippen molar-refractivity contribution < 1.29 is 9.66 Å². The maximum atomic E-state index is 10.7. The number of nitrogens with zero attached hydrogens (tertiary/aromatic N) is 3. The van der Waals surface area contributed by atoms with Crippen LogP contribution in [-0.4, -0.2) is 22.0 Å². The molecule has 0 aliphatic heterocycles. The van der Waals surface area contributed by atoms with E-state index < -0.39 is 4.92 Å². The first kappa shape index (κ1) is 12.0. The summed E-state index contributed by atoms with van der Waals surface area (Å²) in [6.45, 7) is 1.85. The second-order valence-electron chi connectivity index (χ2n) is 3.69. The summed E-state index contributed by atoms with van der Waals surface area (Å²) in [5.41, 5.74) is 2.18. The van der Waals surface area contributed by atoms with Crippen LogP contribution in [0.3, 0.4) is 0 Å². The van der Waals surface area contributed by atoms with Crippen LogP contribution in [0, 0.1) is 17.0 Å². The fraction of sp³-hybridized carbons (Fsp3) is 0.167. The van der Waals surface area contributed by atoms with Crippen molar-refractivity contribution in [1.82, 2.24) is 9.97 Å². The zero-order chi connectivity index (χ0) is 13.1. The van der Waals surface area contributed by atoms with E-state index in [1.807, 2.05) is 6.92 Å². The van der Waals surface area contributed by atoms with E-state index >= 15 is 0 Å². The fourth-order valence-corrected chi connectivity index (χ4v) is 1.61. The van der Waals surface area contributed by atoms with Gasteiger partial charge in [-0.25, -0.2) is 9.97 Å². The Hall–Kier alpha value is -2.50. The third kappa shape index (κ3) is 2.27. The highest BCUT2D eigenvalue weighted by Gasteiger charge is 2.13. The van der Waals surface area contributed by atoms with Crippen molar-refractivity contribution in [2.45, 2.75) is 6.92 Å². The van der Waals surface area contributed by atoms with Crippen LogP contribution in [0.4, 0.5) is 5.69 Å². The lowest BCUT2D eigenvalue weighted by molar-refractivity contribution is -0.384. The molecule has 0 aliphatic rings. The van der Waals surface area contributed by atoms with Gasteiger partial charge in [-0.05, 0) is 19.1 Å². The molecule has 0 unspecified atom stereocenters. The quantitative estimate of drug-likeness (QED) is 0.612. The van der Waals surface area contributed by atoms with Crippen LogP contribution in [0.2, 0.25) is 0 Å². The van der Waals surface area contributed by atoms with Crippen LogP contribution in [-0.2, 0) is 0 Å². The van der Waals surface area contributed by atoms with Gasteiger partial charge < -0.3 is 4.74 Å². The SMILES string of the molecule is COc1cc([N+](=O)[O-])ccc1-c1cc(C)ncn1. The van der Waals surface area contributed by atoms with Crippen LogP contribution in [0.5, 0.6) is 5.75 Å². The summed E-state index contributed by atoms with van der Waals surface area (Å²) in [6.07, 6.45) is 1.45. The van der Waals surface area contributed by atoms with Gasteiger partial charge in [0.15, 0.2) is 0 Å². The number of hydrogen-bond donors (Lipinski definition) is 0. The molecule has 0 aliphatic carbocycles. The number of aromatic nitrogens is 2. The molecule has 92 valence electrons. The Bertz CT molecular complexity index is 599. The van der Waals surface area contributed by atoms with E-state index in [1.165, 1.54) is 25.6 Å². The minimum Gasteiger partial charge on any atom is -0.496 e. The first-order valence-electron chi connectivity index (χ1n) is 5.23. The standard InChI is InChI=1S/C12H11N3O3/c1-8-5-11(14-7-13-8)10-4-3-9(15(16)17)6-12(10)18-2/h3-7H,1-2H3. The van der Waals surface area contributed by atoms with Crippen molar-refractivity contribution in [3.63, 3.8) is 0 Å². The van der Waals surface area contributed by atoms with E-state index in [2.05, 4.69) is 9.97 Å². The van der Waals surface area contributed by atoms with Crippen molar-refractivity contribution in [2.24, 2.45) is 0 Å². The van der Waals surface area contributed by atoms with Crippen molar-refractivity contribution in [3.8, 4) is 17.0 Å². The lowest BCUT2D eigenvalue weighted by Gasteiger charge is -2.07. The minimum atomic E-state index is -0.461. The lowest BCUT2D eigenvalue weighted by Crippen LogP contribution is -1.94. The van der Waals surface area contributed by atoms with E-state index in [4.69, 9.17) is 4.74 Å². The van der Waals surface area contributed by atoms with Crippen molar-refractivity contribution in [1.29, 1.82) is 0 Å². The van der Waals surface area contributed by atoms with Crippen molar-refractivity contribution in [3.05, 3.63) is 46.4 Å². The van der Waals surface area contributed by atoms with Gasteiger partial charge in [-0.1, -0.05) is 0 Å². The number of non-ortho nitro benzene ring substituents is 1. The average Bonchev–Trinajstić information content (AvgIpc) is 2.37. The van der Waals surface area contributed by atoms with Crippen LogP contribution >= 0.6 is 0 Å². The lowest BCUT2D eigenvalue weighted by atomic mass is 10.1. The third-order valence-electron chi connectivity index (χ3n) is 2.48. The molecule has 1 aromatic carbocycles. The molecule has 1 heterocycles. The number of hydrogen-bond acceptors (Lipinski definition) is 5. The van der Waals surface area contributed by atoms with Gasteiger partial charge in [0.2, 0.25) is 0 Å². The first-order chi connectivity index (χ1) is 8.61. The van der Waals surface area contributed by atoms with Gasteiger partial charge in [-0.2, -0.15) is 0 Å². The molecule has 2 rings (SSSR count). The molecule has 0 saturated carbocycles. The zero-order valence-corrected chi connectivity index (χ0v) is 9.95. The number of aryl methyl sites for hydroxylation is 1. The van der Waals surface area contributed by atoms with Gasteiger partial charge in [0.1, 0.15) is 12.1 Å². The van der Waals surface area contributed by atoms with Gasteiger partial charge in [0, 0.05) is 17.3 Å². The number of rotatable bonds is 3. The molecule has 0 spiro atoms. The Kier molecular flexibility index (Phi) is 3.18. The molecule has 0 saturated heterocycles. The number of ether oxygens (including phenoxy) is 1. The summed E-state index contributed by atoms with van der Waals surface area (Å²) in [6, 6.07) is 6.23. The number of methoxy groups -OCH3 is 1. The first-order valence-corrected chi connectivity index (χ1v) is 5.23. The van der Waals surface area contributed by atoms with Gasteiger partial charge in [-0.15, -0.1) is 0 Å². The molecule has 0 N–H and O–H groups in total. The predicted octanol–water partition coefficient (Wildman–Crippen LogP) is 2.37. The molecule has 6 heteroatoms. The van der Waals surface area contributed by atoms with E-state index in [1.54, 1.807) is 12.1 Å². The number of nitro benzene ring substituents is 1. The average molecular weight is 245 g/mol. The third-order valence-corrected chi connectivity index (χ3v) is 2.48. The molecule has 0 atom stereocenters. The number of benzene rings is 1. The normalized spacial score (nSPS) is 10.1. The van der Waals surface area contributed by atoms with Gasteiger partial charge >= 0.3 is 0 Å². The van der Waals surface area contributed by atoms with Crippen LogP contribution in [0.15, 0.2) is 30.6 Å². The van der Waals surface area contributed by atoms with Gasteiger partial charge in [0.25, 0.3) is 5.69 Å². The van der Waals surface area contributed by atoms with Gasteiger partial charge in [-0.3, -0.25) is 10.1 Å². The fourth-order valence-electron chi connectivity index (χ4n) is 1.61. The largest absolute Gasteiger partial charge is 0.496 e. The van der Waals surface area contributed by atoms with E-state index in [0.717, 1.165) is 5.69 Å². The molecule has 0 bridgehead atoms. The van der Waals surface area contributed by atoms with E-state index in [0.29, 0.717) is 17.0 Å². The summed E-state index contributed by atoms with van der Waals surface area (Å²) in [5.74, 6) is 0.419. The Morgan fingerprint density at radius 2 is 2.06 bits per heavy atom. The summed E-state index contributed by atoms with van der Waals surface area (Å²) < 4.78 is 5.17. The summed E-state index contributed by atoms with van der Waals surface area (Å²) in [5, 5.41) is 10.7. The highest BCUT2D eigenvalue weighted by Crippen LogP contribution is 2.31. The molecule has 0 radical (unpaired) electrons. The van der Waals surface area contributed by atoms with Crippen molar-refractivity contribution >= 4 is 5.69 Å². The smallest absolute Gasteiger partial charge is 0.273 e. The second kappa shape index (κ2) is 4.79. The predicted molar refractivity (Wildman–Crippen MR) is 65.4 cm³/mol. The maximum Gasteiger partial charge on any atom is 0.273 e. The summed E-state index contributed by atoms with van der Waals surface area (Å²) >= 11 is 0. The Balaban J connectivity index is 2.54. The monoisotopic (exact) mass is 245 g/mol.